The van der Waals surface area contributed by atoms with Gasteiger partial charge in [0.15, 0.2) is 0 Å². The van der Waals surface area contributed by atoms with E-state index in [4.69, 9.17) is 0 Å². The van der Waals surface area contributed by atoms with Gasteiger partial charge in [-0.05, 0) is 23.5 Å². The molecule has 0 bridgehead atoms. The van der Waals surface area contributed by atoms with Crippen LogP contribution in [-0.4, -0.2) is 9.67 Å². The van der Waals surface area contributed by atoms with Gasteiger partial charge in [0.2, 0.25) is 0 Å². The third-order valence-electron chi connectivity index (χ3n) is 2.97. The van der Waals surface area contributed by atoms with Gasteiger partial charge in [0.1, 0.15) is 0 Å². The number of aromatic nitrogens is 1. The Morgan fingerprint density at radius 2 is 2.00 bits per heavy atom. The fraction of sp³-hybridized carbons (Fsp3) is 0.692. The highest BCUT2D eigenvalue weighted by atomic mass is 16.3. The first-order valence-electron chi connectivity index (χ1n) is 5.88. The Labute approximate surface area is 92.9 Å². The molecule has 0 fully saturated rings. The van der Waals surface area contributed by atoms with Gasteiger partial charge in [-0.3, -0.25) is 0 Å². The Balaban J connectivity index is 2.63. The third-order valence-corrected chi connectivity index (χ3v) is 2.97. The lowest BCUT2D eigenvalue weighted by Crippen LogP contribution is -2.06. The molecule has 0 aliphatic carbocycles. The Morgan fingerprint density at radius 1 is 1.33 bits per heavy atom. The number of hydrogen-bond acceptors (Lipinski definition) is 1. The minimum atomic E-state index is -0.330. The maximum absolute atomic E-state index is 9.89. The van der Waals surface area contributed by atoms with Crippen molar-refractivity contribution in [3.63, 3.8) is 0 Å². The predicted octanol–water partition coefficient (Wildman–Crippen LogP) is 3.22. The van der Waals surface area contributed by atoms with Gasteiger partial charge in [-0.25, -0.2) is 0 Å². The first-order valence-corrected chi connectivity index (χ1v) is 5.88. The van der Waals surface area contributed by atoms with Crippen molar-refractivity contribution < 1.29 is 5.11 Å². The maximum Gasteiger partial charge on any atom is 0.0827 e. The first-order chi connectivity index (χ1) is 7.04. The largest absolute Gasteiger partial charge is 0.388 e. The molecule has 0 aliphatic rings. The summed E-state index contributed by atoms with van der Waals surface area (Å²) in [6.07, 6.45) is 4.99. The van der Waals surface area contributed by atoms with Gasteiger partial charge in [0, 0.05) is 18.9 Å². The van der Waals surface area contributed by atoms with Gasteiger partial charge < -0.3 is 9.67 Å². The quantitative estimate of drug-likeness (QED) is 0.791. The van der Waals surface area contributed by atoms with Gasteiger partial charge in [-0.15, -0.1) is 0 Å². The van der Waals surface area contributed by atoms with Crippen LogP contribution in [-0.2, 0) is 6.54 Å². The molecule has 86 valence electrons. The molecule has 0 spiro atoms. The van der Waals surface area contributed by atoms with Crippen LogP contribution in [0.25, 0.3) is 0 Å². The molecule has 2 unspecified atom stereocenters. The van der Waals surface area contributed by atoms with Crippen molar-refractivity contribution >= 4 is 0 Å². The van der Waals surface area contributed by atoms with Crippen molar-refractivity contribution in [2.24, 2.45) is 11.8 Å². The van der Waals surface area contributed by atoms with E-state index in [2.05, 4.69) is 30.8 Å². The molecule has 0 saturated carbocycles. The van der Waals surface area contributed by atoms with E-state index in [-0.39, 0.29) is 12.0 Å². The molecule has 0 aliphatic heterocycles. The van der Waals surface area contributed by atoms with Crippen LogP contribution in [0.1, 0.15) is 45.8 Å². The minimum absolute atomic E-state index is 0.282. The fourth-order valence-electron chi connectivity index (χ4n) is 1.62. The van der Waals surface area contributed by atoms with Crippen LogP contribution in [0, 0.1) is 11.8 Å². The molecule has 1 aromatic heterocycles. The molecule has 2 nitrogen and oxygen atoms in total. The SMILES string of the molecule is CCC(C)Cn1ccc(C(O)C(C)C)c1. The lowest BCUT2D eigenvalue weighted by molar-refractivity contribution is 0.127. The van der Waals surface area contributed by atoms with Crippen LogP contribution < -0.4 is 0 Å². The van der Waals surface area contributed by atoms with Crippen molar-refractivity contribution in [1.29, 1.82) is 0 Å². The topological polar surface area (TPSA) is 25.2 Å². The number of hydrogen-bond donors (Lipinski definition) is 1. The summed E-state index contributed by atoms with van der Waals surface area (Å²) in [7, 11) is 0. The van der Waals surface area contributed by atoms with E-state index in [1.165, 1.54) is 6.42 Å². The monoisotopic (exact) mass is 209 g/mol. The van der Waals surface area contributed by atoms with Gasteiger partial charge in [-0.1, -0.05) is 34.1 Å². The smallest absolute Gasteiger partial charge is 0.0827 e. The number of rotatable bonds is 5. The van der Waals surface area contributed by atoms with E-state index < -0.39 is 0 Å². The molecule has 0 amide bonds. The molecular formula is C13H23NO. The second kappa shape index (κ2) is 5.36. The van der Waals surface area contributed by atoms with Crippen LogP contribution in [0.4, 0.5) is 0 Å². The van der Waals surface area contributed by atoms with Crippen molar-refractivity contribution in [3.8, 4) is 0 Å². The Kier molecular flexibility index (Phi) is 4.40. The van der Waals surface area contributed by atoms with Crippen LogP contribution >= 0.6 is 0 Å². The molecule has 2 heteroatoms. The van der Waals surface area contributed by atoms with Gasteiger partial charge in [-0.2, -0.15) is 0 Å². The van der Waals surface area contributed by atoms with E-state index in [1.807, 2.05) is 19.9 Å². The van der Waals surface area contributed by atoms with E-state index in [0.29, 0.717) is 5.92 Å². The average Bonchev–Trinajstić information content (AvgIpc) is 2.64. The maximum atomic E-state index is 9.89. The third kappa shape index (κ3) is 3.38. The highest BCUT2D eigenvalue weighted by Gasteiger charge is 2.13. The molecule has 15 heavy (non-hydrogen) atoms. The summed E-state index contributed by atoms with van der Waals surface area (Å²) in [5.41, 5.74) is 1.04. The van der Waals surface area contributed by atoms with E-state index in [9.17, 15) is 5.11 Å². The molecule has 0 saturated heterocycles. The zero-order valence-electron chi connectivity index (χ0n) is 10.3. The zero-order valence-corrected chi connectivity index (χ0v) is 10.3. The fourth-order valence-corrected chi connectivity index (χ4v) is 1.62. The molecule has 0 radical (unpaired) electrons. The Morgan fingerprint density at radius 3 is 2.53 bits per heavy atom. The second-order valence-electron chi connectivity index (χ2n) is 4.84. The first kappa shape index (κ1) is 12.3. The average molecular weight is 209 g/mol. The van der Waals surface area contributed by atoms with E-state index >= 15 is 0 Å². The lowest BCUT2D eigenvalue weighted by Gasteiger charge is -2.13. The van der Waals surface area contributed by atoms with Crippen LogP contribution in [0.5, 0.6) is 0 Å². The lowest BCUT2D eigenvalue weighted by atomic mass is 10.0. The second-order valence-corrected chi connectivity index (χ2v) is 4.84. The Hall–Kier alpha value is -0.760. The summed E-state index contributed by atoms with van der Waals surface area (Å²) in [4.78, 5) is 0. The normalized spacial score (nSPS) is 15.6. The minimum Gasteiger partial charge on any atom is -0.388 e. The molecule has 1 aromatic rings. The summed E-state index contributed by atoms with van der Waals surface area (Å²) < 4.78 is 2.18. The Bertz CT molecular complexity index is 290. The molecule has 2 atom stereocenters. The molecule has 0 aromatic carbocycles. The van der Waals surface area contributed by atoms with Crippen molar-refractivity contribution in [2.75, 3.05) is 0 Å². The van der Waals surface area contributed by atoms with Crippen molar-refractivity contribution in [1.82, 2.24) is 4.57 Å². The number of nitrogens with zero attached hydrogens (tertiary/aromatic N) is 1. The van der Waals surface area contributed by atoms with Gasteiger partial charge >= 0.3 is 0 Å². The van der Waals surface area contributed by atoms with Gasteiger partial charge in [0.05, 0.1) is 6.10 Å². The van der Waals surface area contributed by atoms with Crippen LogP contribution in [0.3, 0.4) is 0 Å². The molecule has 1 heterocycles. The number of aliphatic hydroxyl groups excluding tert-OH is 1. The summed E-state index contributed by atoms with van der Waals surface area (Å²) >= 11 is 0. The van der Waals surface area contributed by atoms with Crippen molar-refractivity contribution in [3.05, 3.63) is 24.0 Å². The van der Waals surface area contributed by atoms with Crippen molar-refractivity contribution in [2.45, 2.75) is 46.8 Å². The summed E-state index contributed by atoms with van der Waals surface area (Å²) in [5, 5.41) is 9.89. The molecular weight excluding hydrogens is 186 g/mol. The van der Waals surface area contributed by atoms with E-state index in [0.717, 1.165) is 12.1 Å². The van der Waals surface area contributed by atoms with E-state index in [1.54, 1.807) is 0 Å². The summed E-state index contributed by atoms with van der Waals surface area (Å²) in [6, 6.07) is 2.02. The standard InChI is InChI=1S/C13H23NO/c1-5-11(4)8-14-7-6-12(9-14)13(15)10(2)3/h6-7,9-11,13,15H,5,8H2,1-4H3. The molecule has 1 rings (SSSR count). The molecule has 1 N–H and O–H groups in total. The van der Waals surface area contributed by atoms with Crippen LogP contribution in [0.2, 0.25) is 0 Å². The summed E-state index contributed by atoms with van der Waals surface area (Å²) in [6.45, 7) is 9.57. The summed E-state index contributed by atoms with van der Waals surface area (Å²) in [5.74, 6) is 0.978. The van der Waals surface area contributed by atoms with Crippen LogP contribution in [0.15, 0.2) is 18.5 Å². The predicted molar refractivity (Wildman–Crippen MR) is 63.7 cm³/mol. The van der Waals surface area contributed by atoms with Gasteiger partial charge in [0.25, 0.3) is 0 Å². The highest BCUT2D eigenvalue weighted by molar-refractivity contribution is 5.14. The highest BCUT2D eigenvalue weighted by Crippen LogP contribution is 2.21. The number of aliphatic hydroxyl groups is 1. The zero-order chi connectivity index (χ0) is 11.4.